The maximum absolute atomic E-state index is 5.69. The lowest BCUT2D eigenvalue weighted by Gasteiger charge is -2.07. The van der Waals surface area contributed by atoms with Gasteiger partial charge >= 0.3 is 0 Å². The zero-order valence-electron chi connectivity index (χ0n) is 11.7. The zero-order chi connectivity index (χ0) is 14.0. The maximum atomic E-state index is 5.69. The largest absolute Gasteiger partial charge is 0.487 e. The molecule has 4 nitrogen and oxygen atoms in total. The predicted molar refractivity (Wildman–Crippen MR) is 78.6 cm³/mol. The fraction of sp³-hybridized carbons (Fsp3) is 0.312. The highest BCUT2D eigenvalue weighted by Gasteiger charge is 1.97. The molecule has 0 saturated heterocycles. The maximum Gasteiger partial charge on any atom is 0.130 e. The average molecular weight is 272 g/mol. The Morgan fingerprint density at radius 2 is 1.95 bits per heavy atom. The molecular weight excluding hydrogens is 252 g/mol. The molecule has 0 aliphatic rings. The van der Waals surface area contributed by atoms with Gasteiger partial charge in [0.1, 0.15) is 12.4 Å². The number of hydrogen-bond acceptors (Lipinski definition) is 4. The van der Waals surface area contributed by atoms with Gasteiger partial charge in [0.2, 0.25) is 0 Å². The van der Waals surface area contributed by atoms with Gasteiger partial charge in [-0.1, -0.05) is 18.2 Å². The van der Waals surface area contributed by atoms with Crippen molar-refractivity contribution in [2.24, 2.45) is 0 Å². The van der Waals surface area contributed by atoms with Crippen LogP contribution in [0.2, 0.25) is 0 Å². The van der Waals surface area contributed by atoms with Crippen molar-refractivity contribution in [2.45, 2.75) is 13.2 Å². The summed E-state index contributed by atoms with van der Waals surface area (Å²) < 4.78 is 10.7. The first-order valence-electron chi connectivity index (χ1n) is 6.70. The molecule has 0 atom stereocenters. The number of nitrogens with zero attached hydrogens (tertiary/aromatic N) is 1. The van der Waals surface area contributed by atoms with Crippen LogP contribution in [0.15, 0.2) is 48.7 Å². The van der Waals surface area contributed by atoms with Gasteiger partial charge in [-0.05, 0) is 29.8 Å². The molecule has 20 heavy (non-hydrogen) atoms. The van der Waals surface area contributed by atoms with E-state index in [1.165, 1.54) is 5.56 Å². The van der Waals surface area contributed by atoms with E-state index in [1.807, 2.05) is 30.3 Å². The van der Waals surface area contributed by atoms with Crippen LogP contribution in [0.3, 0.4) is 0 Å². The van der Waals surface area contributed by atoms with Crippen molar-refractivity contribution < 1.29 is 9.47 Å². The second-order valence-corrected chi connectivity index (χ2v) is 4.42. The lowest BCUT2D eigenvalue weighted by molar-refractivity contribution is 0.199. The van der Waals surface area contributed by atoms with Crippen LogP contribution in [-0.4, -0.2) is 25.2 Å². The molecule has 0 aliphatic heterocycles. The van der Waals surface area contributed by atoms with Crippen LogP contribution in [0.1, 0.15) is 11.3 Å². The molecule has 2 rings (SSSR count). The summed E-state index contributed by atoms with van der Waals surface area (Å²) in [5.74, 6) is 0.858. The highest BCUT2D eigenvalue weighted by molar-refractivity contribution is 5.27. The third kappa shape index (κ3) is 4.99. The first-order valence-corrected chi connectivity index (χ1v) is 6.70. The molecule has 0 unspecified atom stereocenters. The number of aromatic nitrogens is 1. The van der Waals surface area contributed by atoms with Gasteiger partial charge in [-0.2, -0.15) is 0 Å². The normalized spacial score (nSPS) is 10.4. The zero-order valence-corrected chi connectivity index (χ0v) is 11.7. The minimum Gasteiger partial charge on any atom is -0.487 e. The molecule has 0 spiro atoms. The number of benzene rings is 1. The van der Waals surface area contributed by atoms with E-state index in [2.05, 4.69) is 22.4 Å². The molecular formula is C16H20N2O2. The van der Waals surface area contributed by atoms with E-state index in [9.17, 15) is 0 Å². The molecule has 1 N–H and O–H groups in total. The van der Waals surface area contributed by atoms with E-state index in [0.29, 0.717) is 6.61 Å². The summed E-state index contributed by atoms with van der Waals surface area (Å²) in [6, 6.07) is 13.9. The number of hydrogen-bond donors (Lipinski definition) is 1. The summed E-state index contributed by atoms with van der Waals surface area (Å²) in [5.41, 5.74) is 2.16. The topological polar surface area (TPSA) is 43.4 Å². The van der Waals surface area contributed by atoms with Gasteiger partial charge in [-0.15, -0.1) is 0 Å². The molecule has 106 valence electrons. The van der Waals surface area contributed by atoms with Crippen LogP contribution in [0, 0.1) is 0 Å². The SMILES string of the molecule is COCCNCc1ccc(OCc2ccccn2)cc1. The molecule has 0 bridgehead atoms. The Morgan fingerprint density at radius 3 is 2.65 bits per heavy atom. The molecule has 0 fully saturated rings. The fourth-order valence-corrected chi connectivity index (χ4v) is 1.75. The minimum absolute atomic E-state index is 0.492. The molecule has 4 heteroatoms. The Morgan fingerprint density at radius 1 is 1.10 bits per heavy atom. The van der Waals surface area contributed by atoms with Crippen molar-refractivity contribution in [1.82, 2.24) is 10.3 Å². The number of ether oxygens (including phenoxy) is 2. The van der Waals surface area contributed by atoms with Gasteiger partial charge in [-0.25, -0.2) is 0 Å². The smallest absolute Gasteiger partial charge is 0.130 e. The van der Waals surface area contributed by atoms with Crippen LogP contribution in [-0.2, 0) is 17.9 Å². The second-order valence-electron chi connectivity index (χ2n) is 4.42. The number of methoxy groups -OCH3 is 1. The molecule has 1 heterocycles. The van der Waals surface area contributed by atoms with Gasteiger partial charge in [-0.3, -0.25) is 4.98 Å². The van der Waals surface area contributed by atoms with E-state index >= 15 is 0 Å². The Kier molecular flexibility index (Phi) is 6.02. The van der Waals surface area contributed by atoms with E-state index in [0.717, 1.165) is 31.1 Å². The standard InChI is InChI=1S/C16H20N2O2/c1-19-11-10-17-12-14-5-7-16(8-6-14)20-13-15-4-2-3-9-18-15/h2-9,17H,10-13H2,1H3. The third-order valence-electron chi connectivity index (χ3n) is 2.85. The quantitative estimate of drug-likeness (QED) is 0.749. The molecule has 0 radical (unpaired) electrons. The van der Waals surface area contributed by atoms with Gasteiger partial charge in [0, 0.05) is 26.4 Å². The highest BCUT2D eigenvalue weighted by Crippen LogP contribution is 2.13. The second kappa shape index (κ2) is 8.30. The lowest BCUT2D eigenvalue weighted by atomic mass is 10.2. The van der Waals surface area contributed by atoms with Crippen LogP contribution in [0.4, 0.5) is 0 Å². The number of pyridine rings is 1. The number of rotatable bonds is 8. The minimum atomic E-state index is 0.492. The van der Waals surface area contributed by atoms with Crippen molar-refractivity contribution >= 4 is 0 Å². The molecule has 0 aliphatic carbocycles. The molecule has 2 aromatic rings. The Hall–Kier alpha value is -1.91. The summed E-state index contributed by atoms with van der Waals surface area (Å²) in [4.78, 5) is 4.22. The molecule has 0 amide bonds. The Labute approximate surface area is 119 Å². The van der Waals surface area contributed by atoms with E-state index in [4.69, 9.17) is 9.47 Å². The van der Waals surface area contributed by atoms with Crippen LogP contribution < -0.4 is 10.1 Å². The number of nitrogens with one attached hydrogen (secondary N) is 1. The average Bonchev–Trinajstić information content (AvgIpc) is 2.52. The van der Waals surface area contributed by atoms with Crippen LogP contribution in [0.5, 0.6) is 5.75 Å². The lowest BCUT2D eigenvalue weighted by Crippen LogP contribution is -2.18. The Bertz CT molecular complexity index is 486. The van der Waals surface area contributed by atoms with Crippen LogP contribution in [0.25, 0.3) is 0 Å². The third-order valence-corrected chi connectivity index (χ3v) is 2.85. The first-order chi connectivity index (χ1) is 9.88. The highest BCUT2D eigenvalue weighted by atomic mass is 16.5. The van der Waals surface area contributed by atoms with Gasteiger partial charge in [0.25, 0.3) is 0 Å². The van der Waals surface area contributed by atoms with Crippen molar-refractivity contribution in [3.63, 3.8) is 0 Å². The van der Waals surface area contributed by atoms with Crippen molar-refractivity contribution in [1.29, 1.82) is 0 Å². The van der Waals surface area contributed by atoms with Crippen molar-refractivity contribution in [3.05, 3.63) is 59.9 Å². The molecule has 1 aromatic heterocycles. The summed E-state index contributed by atoms with van der Waals surface area (Å²) in [6.45, 7) is 2.91. The fourth-order valence-electron chi connectivity index (χ4n) is 1.75. The predicted octanol–water partition coefficient (Wildman–Crippen LogP) is 2.40. The first kappa shape index (κ1) is 14.5. The molecule has 0 saturated carbocycles. The summed E-state index contributed by atoms with van der Waals surface area (Å²) in [5, 5.41) is 3.30. The van der Waals surface area contributed by atoms with E-state index in [1.54, 1.807) is 13.3 Å². The summed E-state index contributed by atoms with van der Waals surface area (Å²) in [6.07, 6.45) is 1.77. The summed E-state index contributed by atoms with van der Waals surface area (Å²) >= 11 is 0. The monoisotopic (exact) mass is 272 g/mol. The van der Waals surface area contributed by atoms with Crippen molar-refractivity contribution in [2.75, 3.05) is 20.3 Å². The van der Waals surface area contributed by atoms with Gasteiger partial charge in [0.15, 0.2) is 0 Å². The van der Waals surface area contributed by atoms with Gasteiger partial charge < -0.3 is 14.8 Å². The van der Waals surface area contributed by atoms with E-state index in [-0.39, 0.29) is 0 Å². The Balaban J connectivity index is 1.76. The van der Waals surface area contributed by atoms with E-state index < -0.39 is 0 Å². The molecule has 1 aromatic carbocycles. The van der Waals surface area contributed by atoms with Crippen LogP contribution >= 0.6 is 0 Å². The van der Waals surface area contributed by atoms with Gasteiger partial charge in [0.05, 0.1) is 12.3 Å². The van der Waals surface area contributed by atoms with Crippen molar-refractivity contribution in [3.8, 4) is 5.75 Å². The summed E-state index contributed by atoms with van der Waals surface area (Å²) in [7, 11) is 1.70.